The highest BCUT2D eigenvalue weighted by molar-refractivity contribution is 5.95. The van der Waals surface area contributed by atoms with E-state index < -0.39 is 6.10 Å². The maximum Gasteiger partial charge on any atom is 0.253 e. The summed E-state index contributed by atoms with van der Waals surface area (Å²) in [6.07, 6.45) is 4.39. The zero-order chi connectivity index (χ0) is 17.8. The Morgan fingerprint density at radius 2 is 2.08 bits per heavy atom. The number of aryl methyl sites for hydroxylation is 1. The number of nitrogens with zero attached hydrogens (tertiary/aromatic N) is 1. The van der Waals surface area contributed by atoms with Gasteiger partial charge < -0.3 is 25.6 Å². The van der Waals surface area contributed by atoms with Gasteiger partial charge in [-0.25, -0.2) is 0 Å². The van der Waals surface area contributed by atoms with Crippen LogP contribution in [0.3, 0.4) is 0 Å². The maximum absolute atomic E-state index is 12.3. The van der Waals surface area contributed by atoms with E-state index in [1.165, 1.54) is 12.8 Å². The van der Waals surface area contributed by atoms with Gasteiger partial charge >= 0.3 is 0 Å². The Morgan fingerprint density at radius 1 is 1.32 bits per heavy atom. The number of nitrogens with one attached hydrogen (secondary N) is 3. The highest BCUT2D eigenvalue weighted by Gasteiger charge is 2.37. The Bertz CT molecular complexity index is 609. The number of H-pyrrole nitrogens is 1. The summed E-state index contributed by atoms with van der Waals surface area (Å²) in [5.74, 6) is -0.475. The Hall–Kier alpha value is -1.86. The molecule has 2 amide bonds. The van der Waals surface area contributed by atoms with E-state index in [0.29, 0.717) is 24.9 Å². The second-order valence-corrected chi connectivity index (χ2v) is 7.17. The zero-order valence-corrected chi connectivity index (χ0v) is 14.8. The van der Waals surface area contributed by atoms with Crippen molar-refractivity contribution in [3.8, 4) is 0 Å². The molecule has 2 aliphatic rings. The fraction of sp³-hybridized carbons (Fsp3) is 0.667. The van der Waals surface area contributed by atoms with Gasteiger partial charge in [0.1, 0.15) is 0 Å². The van der Waals surface area contributed by atoms with Gasteiger partial charge in [0.05, 0.1) is 17.7 Å². The molecule has 0 bridgehead atoms. The molecule has 0 unspecified atom stereocenters. The number of carbonyl (C=O) groups excluding carboxylic acids is 2. The lowest BCUT2D eigenvalue weighted by molar-refractivity contribution is -0.125. The summed E-state index contributed by atoms with van der Waals surface area (Å²) >= 11 is 0. The second kappa shape index (κ2) is 8.01. The lowest BCUT2D eigenvalue weighted by Gasteiger charge is -2.17. The van der Waals surface area contributed by atoms with Gasteiger partial charge in [-0.3, -0.25) is 9.59 Å². The molecule has 1 aliphatic carbocycles. The van der Waals surface area contributed by atoms with Gasteiger partial charge in [-0.2, -0.15) is 0 Å². The molecular weight excluding hydrogens is 320 g/mol. The monoisotopic (exact) mass is 348 g/mol. The number of carbonyl (C=O) groups is 2. The largest absolute Gasteiger partial charge is 0.391 e. The van der Waals surface area contributed by atoms with Gasteiger partial charge in [-0.1, -0.05) is 0 Å². The molecule has 1 saturated heterocycles. The summed E-state index contributed by atoms with van der Waals surface area (Å²) in [5, 5.41) is 16.0. The number of aliphatic hydroxyl groups is 1. The molecule has 7 heteroatoms. The third-order valence-corrected chi connectivity index (χ3v) is 5.34. The van der Waals surface area contributed by atoms with Crippen LogP contribution in [0.15, 0.2) is 12.3 Å². The number of aromatic nitrogens is 1. The van der Waals surface area contributed by atoms with Crippen LogP contribution in [0.5, 0.6) is 0 Å². The smallest absolute Gasteiger partial charge is 0.253 e. The van der Waals surface area contributed by atoms with Crippen LogP contribution in [0.2, 0.25) is 0 Å². The van der Waals surface area contributed by atoms with E-state index in [1.54, 1.807) is 12.3 Å². The van der Waals surface area contributed by atoms with Gasteiger partial charge in [-0.05, 0) is 51.8 Å². The third kappa shape index (κ3) is 4.41. The number of rotatable bonds is 6. The molecule has 25 heavy (non-hydrogen) atoms. The molecule has 1 aromatic heterocycles. The summed E-state index contributed by atoms with van der Waals surface area (Å²) in [5.41, 5.74) is 1.37. The summed E-state index contributed by atoms with van der Waals surface area (Å²) in [4.78, 5) is 29.9. The van der Waals surface area contributed by atoms with Crippen molar-refractivity contribution in [1.29, 1.82) is 0 Å². The molecule has 0 radical (unpaired) electrons. The van der Waals surface area contributed by atoms with Crippen molar-refractivity contribution < 1.29 is 14.7 Å². The first kappa shape index (κ1) is 17.9. The third-order valence-electron chi connectivity index (χ3n) is 5.34. The average molecular weight is 348 g/mol. The number of likely N-dealkylation sites (tertiary alicyclic amines) is 1. The molecule has 138 valence electrons. The molecule has 4 N–H and O–H groups in total. The molecule has 0 spiro atoms. The summed E-state index contributed by atoms with van der Waals surface area (Å²) in [6, 6.07) is 1.34. The predicted octanol–water partition coefficient (Wildman–Crippen LogP) is 0.404. The van der Waals surface area contributed by atoms with Gasteiger partial charge in [0.25, 0.3) is 5.91 Å². The Balaban J connectivity index is 1.44. The van der Waals surface area contributed by atoms with Crippen molar-refractivity contribution in [3.63, 3.8) is 0 Å². The van der Waals surface area contributed by atoms with Crippen molar-refractivity contribution in [1.82, 2.24) is 20.5 Å². The molecule has 1 saturated carbocycles. The zero-order valence-electron chi connectivity index (χ0n) is 14.8. The predicted molar refractivity (Wildman–Crippen MR) is 94.2 cm³/mol. The van der Waals surface area contributed by atoms with Gasteiger partial charge in [0.15, 0.2) is 0 Å². The van der Waals surface area contributed by atoms with E-state index >= 15 is 0 Å². The summed E-state index contributed by atoms with van der Waals surface area (Å²) in [6.45, 7) is 5.59. The van der Waals surface area contributed by atoms with Crippen LogP contribution in [0.1, 0.15) is 41.7 Å². The molecule has 7 nitrogen and oxygen atoms in total. The Kier molecular flexibility index (Phi) is 5.75. The highest BCUT2D eigenvalue weighted by atomic mass is 16.3. The quantitative estimate of drug-likeness (QED) is 0.598. The average Bonchev–Trinajstić information content (AvgIpc) is 3.30. The molecule has 2 fully saturated rings. The number of aromatic amines is 1. The first-order chi connectivity index (χ1) is 12.0. The normalized spacial score (nSPS) is 26.7. The van der Waals surface area contributed by atoms with Crippen LogP contribution < -0.4 is 10.6 Å². The molecule has 2 heterocycles. The van der Waals surface area contributed by atoms with Gasteiger partial charge in [-0.15, -0.1) is 0 Å². The van der Waals surface area contributed by atoms with Crippen molar-refractivity contribution in [2.45, 2.75) is 44.8 Å². The molecule has 0 aromatic carbocycles. The van der Waals surface area contributed by atoms with E-state index in [2.05, 4.69) is 20.5 Å². The van der Waals surface area contributed by atoms with Crippen LogP contribution in [0, 0.1) is 12.8 Å². The first-order valence-electron chi connectivity index (χ1n) is 9.17. The maximum atomic E-state index is 12.3. The topological polar surface area (TPSA) is 97.5 Å². The highest BCUT2D eigenvalue weighted by Crippen LogP contribution is 2.26. The van der Waals surface area contributed by atoms with Crippen molar-refractivity contribution in [2.75, 3.05) is 26.2 Å². The van der Waals surface area contributed by atoms with Gasteiger partial charge in [0.2, 0.25) is 5.91 Å². The molecule has 3 rings (SSSR count). The number of aliphatic hydroxyl groups excluding tert-OH is 1. The van der Waals surface area contributed by atoms with Crippen molar-refractivity contribution >= 4 is 11.8 Å². The fourth-order valence-corrected chi connectivity index (χ4v) is 3.82. The van der Waals surface area contributed by atoms with Crippen molar-refractivity contribution in [3.05, 3.63) is 23.5 Å². The molecular formula is C18H28N4O3. The minimum Gasteiger partial charge on any atom is -0.391 e. The minimum atomic E-state index is -0.683. The second-order valence-electron chi connectivity index (χ2n) is 7.17. The van der Waals surface area contributed by atoms with Crippen molar-refractivity contribution in [2.24, 2.45) is 5.92 Å². The van der Waals surface area contributed by atoms with E-state index in [4.69, 9.17) is 0 Å². The fourth-order valence-electron chi connectivity index (χ4n) is 3.82. The van der Waals surface area contributed by atoms with E-state index in [0.717, 1.165) is 25.3 Å². The minimum absolute atomic E-state index is 0.0205. The van der Waals surface area contributed by atoms with E-state index in [1.807, 2.05) is 6.92 Å². The lowest BCUT2D eigenvalue weighted by Crippen LogP contribution is -2.40. The number of hydrogen-bond acceptors (Lipinski definition) is 4. The van der Waals surface area contributed by atoms with E-state index in [-0.39, 0.29) is 23.8 Å². The molecule has 3 atom stereocenters. The number of hydrogen-bond donors (Lipinski definition) is 4. The first-order valence-corrected chi connectivity index (χ1v) is 9.17. The molecule has 1 aliphatic heterocycles. The molecule has 1 aromatic rings. The summed E-state index contributed by atoms with van der Waals surface area (Å²) < 4.78 is 0. The van der Waals surface area contributed by atoms with Crippen LogP contribution >= 0.6 is 0 Å². The van der Waals surface area contributed by atoms with Crippen LogP contribution in [-0.2, 0) is 4.79 Å². The van der Waals surface area contributed by atoms with Gasteiger partial charge in [0, 0.05) is 30.9 Å². The summed E-state index contributed by atoms with van der Waals surface area (Å²) in [7, 11) is 0. The lowest BCUT2D eigenvalue weighted by atomic mass is 10.1. The van der Waals surface area contributed by atoms with Crippen LogP contribution in [0.25, 0.3) is 0 Å². The SMILES string of the molecule is Cc1[nH]ccc1C(=O)N[C@@H]1C[C@H](C(=O)NCCN2CCCC2)C[C@H]1O. The Labute approximate surface area is 148 Å². The van der Waals surface area contributed by atoms with Crippen LogP contribution in [0.4, 0.5) is 0 Å². The standard InChI is InChI=1S/C18H28N4O3/c1-12-14(4-5-19-12)18(25)21-15-10-13(11-16(15)23)17(24)20-6-9-22-7-2-3-8-22/h4-5,13,15-16,19,23H,2-3,6-11H2,1H3,(H,20,24)(H,21,25)/t13-,15+,16+/m0/s1. The van der Waals surface area contributed by atoms with E-state index in [9.17, 15) is 14.7 Å². The number of amides is 2. The Morgan fingerprint density at radius 3 is 2.76 bits per heavy atom. The van der Waals surface area contributed by atoms with Crippen LogP contribution in [-0.4, -0.2) is 65.1 Å².